The van der Waals surface area contributed by atoms with Crippen LogP contribution in [0.4, 0.5) is 5.69 Å². The topological polar surface area (TPSA) is 78.4 Å². The van der Waals surface area contributed by atoms with Crippen molar-refractivity contribution in [2.24, 2.45) is 4.99 Å². The van der Waals surface area contributed by atoms with Crippen LogP contribution in [0.1, 0.15) is 25.3 Å². The zero-order valence-electron chi connectivity index (χ0n) is 18.7. The number of phenols is 1. The lowest BCUT2D eigenvalue weighted by atomic mass is 10.0. The molecule has 0 amide bonds. The van der Waals surface area contributed by atoms with Gasteiger partial charge in [0.15, 0.2) is 17.5 Å². The molecule has 0 saturated carbocycles. The molecule has 2 aromatic carbocycles. The molecule has 3 N–H and O–H groups in total. The fraction of sp³-hybridized carbons (Fsp3) is 0.458. The average Bonchev–Trinajstić information content (AvgIpc) is 2.80. The molecule has 0 bridgehead atoms. The van der Waals surface area contributed by atoms with E-state index in [1.807, 2.05) is 24.3 Å². The molecule has 1 atom stereocenters. The quantitative estimate of drug-likeness (QED) is 0.445. The predicted octanol–water partition coefficient (Wildman–Crippen LogP) is 3.18. The number of hydrogen-bond acceptors (Lipinski definition) is 5. The Balaban J connectivity index is 1.61. The van der Waals surface area contributed by atoms with Crippen LogP contribution in [-0.4, -0.2) is 57.5 Å². The molecule has 3 rings (SSSR count). The van der Waals surface area contributed by atoms with E-state index in [-0.39, 0.29) is 5.75 Å². The number of rotatable bonds is 8. The van der Waals surface area contributed by atoms with Gasteiger partial charge in [0.1, 0.15) is 5.75 Å². The Bertz CT molecular complexity index is 872. The third kappa shape index (κ3) is 6.20. The van der Waals surface area contributed by atoms with Crippen LogP contribution in [-0.2, 0) is 6.42 Å². The van der Waals surface area contributed by atoms with Crippen molar-refractivity contribution in [2.75, 3.05) is 45.3 Å². The first kappa shape index (κ1) is 22.6. The van der Waals surface area contributed by atoms with Crippen LogP contribution < -0.4 is 25.0 Å². The minimum Gasteiger partial charge on any atom is -0.504 e. The van der Waals surface area contributed by atoms with E-state index in [1.165, 1.54) is 5.69 Å². The second kappa shape index (κ2) is 11.3. The largest absolute Gasteiger partial charge is 0.504 e. The summed E-state index contributed by atoms with van der Waals surface area (Å²) in [6.07, 6.45) is 2.85. The van der Waals surface area contributed by atoms with E-state index >= 15 is 0 Å². The molecule has 1 aliphatic rings. The van der Waals surface area contributed by atoms with E-state index < -0.39 is 0 Å². The Morgan fingerprint density at radius 1 is 1.19 bits per heavy atom. The van der Waals surface area contributed by atoms with E-state index in [0.29, 0.717) is 24.8 Å². The summed E-state index contributed by atoms with van der Waals surface area (Å²) in [5.41, 5.74) is 2.02. The van der Waals surface area contributed by atoms with Gasteiger partial charge in [-0.15, -0.1) is 0 Å². The van der Waals surface area contributed by atoms with Crippen molar-refractivity contribution in [3.05, 3.63) is 48.0 Å². The Labute approximate surface area is 185 Å². The van der Waals surface area contributed by atoms with Gasteiger partial charge in [-0.25, -0.2) is 0 Å². The van der Waals surface area contributed by atoms with Crippen LogP contribution >= 0.6 is 0 Å². The molecule has 1 unspecified atom stereocenters. The highest BCUT2D eigenvalue weighted by atomic mass is 16.5. The van der Waals surface area contributed by atoms with Gasteiger partial charge in [-0.05, 0) is 49.9 Å². The van der Waals surface area contributed by atoms with E-state index in [0.717, 1.165) is 49.7 Å². The minimum absolute atomic E-state index is 0.194. The zero-order valence-corrected chi connectivity index (χ0v) is 18.7. The van der Waals surface area contributed by atoms with Crippen molar-refractivity contribution >= 4 is 11.6 Å². The van der Waals surface area contributed by atoms with Crippen molar-refractivity contribution in [1.82, 2.24) is 10.6 Å². The number of nitrogens with zero attached hydrogens (tertiary/aromatic N) is 2. The van der Waals surface area contributed by atoms with Gasteiger partial charge >= 0.3 is 0 Å². The zero-order chi connectivity index (χ0) is 22.1. The molecule has 0 spiro atoms. The molecule has 1 fully saturated rings. The maximum atomic E-state index is 10.3. The maximum absolute atomic E-state index is 10.3. The Hall–Kier alpha value is -3.09. The van der Waals surface area contributed by atoms with E-state index in [4.69, 9.17) is 14.5 Å². The first-order valence-electron chi connectivity index (χ1n) is 10.9. The number of phenolic OH excluding ortho intramolecular Hbond substituents is 1. The predicted molar refractivity (Wildman–Crippen MR) is 126 cm³/mol. The number of aliphatic imine (C=N–C) groups is 1. The fourth-order valence-electron chi connectivity index (χ4n) is 3.87. The summed E-state index contributed by atoms with van der Waals surface area (Å²) in [5.74, 6) is 2.37. The number of ether oxygens (including phenoxy) is 2. The van der Waals surface area contributed by atoms with Crippen LogP contribution in [0.3, 0.4) is 0 Å². The van der Waals surface area contributed by atoms with Gasteiger partial charge in [-0.3, -0.25) is 4.99 Å². The number of para-hydroxylation sites is 1. The monoisotopic (exact) mass is 426 g/mol. The number of guanidine groups is 1. The normalized spacial score (nSPS) is 16.7. The van der Waals surface area contributed by atoms with Crippen molar-refractivity contribution in [3.8, 4) is 17.2 Å². The molecule has 7 nitrogen and oxygen atoms in total. The Kier molecular flexibility index (Phi) is 8.27. The first-order valence-corrected chi connectivity index (χ1v) is 10.9. The highest BCUT2D eigenvalue weighted by Crippen LogP contribution is 2.29. The molecule has 0 aliphatic carbocycles. The Morgan fingerprint density at radius 3 is 2.81 bits per heavy atom. The van der Waals surface area contributed by atoms with Crippen LogP contribution in [0, 0.1) is 0 Å². The number of methoxy groups -OCH3 is 2. The summed E-state index contributed by atoms with van der Waals surface area (Å²) in [6.45, 7) is 5.38. The minimum atomic E-state index is 0.194. The molecule has 31 heavy (non-hydrogen) atoms. The van der Waals surface area contributed by atoms with Gasteiger partial charge in [0.2, 0.25) is 0 Å². The third-order valence-electron chi connectivity index (χ3n) is 5.48. The van der Waals surface area contributed by atoms with Gasteiger partial charge in [0.05, 0.1) is 14.2 Å². The summed E-state index contributed by atoms with van der Waals surface area (Å²) < 4.78 is 10.6. The van der Waals surface area contributed by atoms with Crippen molar-refractivity contribution in [3.63, 3.8) is 0 Å². The van der Waals surface area contributed by atoms with Crippen molar-refractivity contribution < 1.29 is 14.6 Å². The van der Waals surface area contributed by atoms with Gasteiger partial charge in [-0.1, -0.05) is 18.2 Å². The number of anilines is 1. The SMILES string of the molecule is CCNC(=NCCc1cccc(OC)c1O)NC1CCCN(c2cccc(OC)c2)C1. The van der Waals surface area contributed by atoms with Crippen LogP contribution in [0.25, 0.3) is 0 Å². The fourth-order valence-corrected chi connectivity index (χ4v) is 3.87. The lowest BCUT2D eigenvalue weighted by molar-refractivity contribution is 0.370. The standard InChI is InChI=1S/C24H34N4O3/c1-4-25-24(26-14-13-18-8-5-12-22(31-3)23(18)29)27-19-9-7-15-28(17-19)20-10-6-11-21(16-20)30-2/h5-6,8,10-12,16,19,29H,4,7,9,13-15,17H2,1-3H3,(H2,25,26,27). The lowest BCUT2D eigenvalue weighted by Gasteiger charge is -2.35. The van der Waals surface area contributed by atoms with E-state index in [1.54, 1.807) is 20.3 Å². The smallest absolute Gasteiger partial charge is 0.191 e. The summed E-state index contributed by atoms with van der Waals surface area (Å²) in [7, 11) is 3.26. The molecule has 168 valence electrons. The molecule has 2 aromatic rings. The summed E-state index contributed by atoms with van der Waals surface area (Å²) >= 11 is 0. The maximum Gasteiger partial charge on any atom is 0.191 e. The van der Waals surface area contributed by atoms with Crippen LogP contribution in [0.5, 0.6) is 17.2 Å². The van der Waals surface area contributed by atoms with Crippen molar-refractivity contribution in [1.29, 1.82) is 0 Å². The number of nitrogens with one attached hydrogen (secondary N) is 2. The summed E-state index contributed by atoms with van der Waals surface area (Å²) in [4.78, 5) is 7.12. The highest BCUT2D eigenvalue weighted by Gasteiger charge is 2.21. The summed E-state index contributed by atoms with van der Waals surface area (Å²) in [5, 5.41) is 17.2. The molecule has 1 saturated heterocycles. The van der Waals surface area contributed by atoms with Gasteiger partial charge < -0.3 is 30.1 Å². The van der Waals surface area contributed by atoms with Gasteiger partial charge in [0, 0.05) is 44.0 Å². The second-order valence-electron chi connectivity index (χ2n) is 7.61. The second-order valence-corrected chi connectivity index (χ2v) is 7.61. The van der Waals surface area contributed by atoms with Gasteiger partial charge in [-0.2, -0.15) is 0 Å². The van der Waals surface area contributed by atoms with E-state index in [2.05, 4.69) is 34.6 Å². The molecule has 1 aliphatic heterocycles. The number of benzene rings is 2. The molecule has 0 radical (unpaired) electrons. The Morgan fingerprint density at radius 2 is 2.03 bits per heavy atom. The molecule has 0 aromatic heterocycles. The highest BCUT2D eigenvalue weighted by molar-refractivity contribution is 5.80. The molecule has 7 heteroatoms. The van der Waals surface area contributed by atoms with E-state index in [9.17, 15) is 5.11 Å². The van der Waals surface area contributed by atoms with Crippen LogP contribution in [0.15, 0.2) is 47.5 Å². The third-order valence-corrected chi connectivity index (χ3v) is 5.48. The first-order chi connectivity index (χ1) is 15.1. The molecular weight excluding hydrogens is 392 g/mol. The van der Waals surface area contributed by atoms with Crippen molar-refractivity contribution in [2.45, 2.75) is 32.2 Å². The summed E-state index contributed by atoms with van der Waals surface area (Å²) in [6, 6.07) is 14.1. The molecule has 1 heterocycles. The molecular formula is C24H34N4O3. The number of piperidine rings is 1. The van der Waals surface area contributed by atoms with Crippen LogP contribution in [0.2, 0.25) is 0 Å². The average molecular weight is 427 g/mol. The number of hydrogen-bond donors (Lipinski definition) is 3. The number of aromatic hydroxyl groups is 1. The lowest BCUT2D eigenvalue weighted by Crippen LogP contribution is -2.51. The van der Waals surface area contributed by atoms with Gasteiger partial charge in [0.25, 0.3) is 0 Å².